The van der Waals surface area contributed by atoms with E-state index in [1.807, 2.05) is 5.43 Å². The van der Waals surface area contributed by atoms with E-state index in [-0.39, 0.29) is 0 Å². The lowest BCUT2D eigenvalue weighted by Crippen LogP contribution is -2.42. The molecule has 0 fully saturated rings. The summed E-state index contributed by atoms with van der Waals surface area (Å²) in [6.07, 6.45) is 0. The minimum atomic E-state index is -0.641. The van der Waals surface area contributed by atoms with Crippen molar-refractivity contribution in [3.8, 4) is 0 Å². The number of hydrogen-bond donors (Lipinski definition) is 3. The van der Waals surface area contributed by atoms with Gasteiger partial charge in [-0.25, -0.2) is 10.6 Å². The second kappa shape index (κ2) is 4.22. The molecule has 7 heteroatoms. The monoisotopic (exact) mass is 234 g/mol. The number of nitrogens with zero attached hydrogens (tertiary/aromatic N) is 1. The molecule has 88 valence electrons. The highest BCUT2D eigenvalue weighted by molar-refractivity contribution is 5.78. The molecule has 0 saturated heterocycles. The Kier molecular flexibility index (Phi) is 2.75. The highest BCUT2D eigenvalue weighted by atomic mass is 16.2. The van der Waals surface area contributed by atoms with Crippen LogP contribution in [0.3, 0.4) is 0 Å². The lowest BCUT2D eigenvalue weighted by molar-refractivity contribution is -0.121. The maximum atomic E-state index is 11.9. The first-order chi connectivity index (χ1) is 8.13. The molecule has 0 bridgehead atoms. The van der Waals surface area contributed by atoms with Crippen molar-refractivity contribution in [3.05, 3.63) is 45.1 Å². The number of hydrazine groups is 1. The number of nitrogens with one attached hydrogen (secondary N) is 2. The van der Waals surface area contributed by atoms with Crippen LogP contribution in [-0.4, -0.2) is 15.5 Å². The van der Waals surface area contributed by atoms with Gasteiger partial charge in [0.05, 0.1) is 10.9 Å². The van der Waals surface area contributed by atoms with Crippen molar-refractivity contribution >= 4 is 16.8 Å². The summed E-state index contributed by atoms with van der Waals surface area (Å²) >= 11 is 0. The molecular formula is C10H10N4O3. The normalized spacial score (nSPS) is 10.4. The Balaban J connectivity index is 2.68. The van der Waals surface area contributed by atoms with E-state index in [0.29, 0.717) is 10.9 Å². The second-order valence-corrected chi connectivity index (χ2v) is 3.43. The standard InChI is InChI=1S/C10H10N4O3/c11-13-8(15)5-14-9(16)6-3-1-2-4-7(6)12-10(14)17/h1-4H,5,11H2,(H,12,17)(H,13,15). The van der Waals surface area contributed by atoms with E-state index in [0.717, 1.165) is 4.57 Å². The molecule has 2 rings (SSSR count). The average Bonchev–Trinajstić information content (AvgIpc) is 2.34. The van der Waals surface area contributed by atoms with Gasteiger partial charge in [0.2, 0.25) is 0 Å². The lowest BCUT2D eigenvalue weighted by Gasteiger charge is -2.04. The SMILES string of the molecule is NNC(=O)Cn1c(=O)[nH]c2ccccc2c1=O. The molecule has 7 nitrogen and oxygen atoms in total. The van der Waals surface area contributed by atoms with Crippen LogP contribution in [0, 0.1) is 0 Å². The van der Waals surface area contributed by atoms with E-state index < -0.39 is 23.7 Å². The molecule has 0 radical (unpaired) electrons. The molecule has 4 N–H and O–H groups in total. The third-order valence-corrected chi connectivity index (χ3v) is 2.35. The smallest absolute Gasteiger partial charge is 0.307 e. The molecule has 1 aromatic carbocycles. The predicted molar refractivity (Wildman–Crippen MR) is 61.2 cm³/mol. The maximum Gasteiger partial charge on any atom is 0.329 e. The molecule has 0 saturated carbocycles. The zero-order valence-corrected chi connectivity index (χ0v) is 8.77. The molecule has 0 aliphatic rings. The fourth-order valence-corrected chi connectivity index (χ4v) is 1.53. The summed E-state index contributed by atoms with van der Waals surface area (Å²) in [5.41, 5.74) is 1.14. The molecule has 0 atom stereocenters. The summed E-state index contributed by atoms with van der Waals surface area (Å²) in [4.78, 5) is 37.1. The van der Waals surface area contributed by atoms with E-state index in [1.165, 1.54) is 0 Å². The van der Waals surface area contributed by atoms with Gasteiger partial charge in [-0.15, -0.1) is 0 Å². The summed E-state index contributed by atoms with van der Waals surface area (Å²) in [6, 6.07) is 6.57. The van der Waals surface area contributed by atoms with Crippen LogP contribution in [0.5, 0.6) is 0 Å². The van der Waals surface area contributed by atoms with Gasteiger partial charge in [0, 0.05) is 0 Å². The van der Waals surface area contributed by atoms with Crippen LogP contribution in [0.15, 0.2) is 33.9 Å². The maximum absolute atomic E-state index is 11.9. The number of carbonyl (C=O) groups is 1. The number of carbonyl (C=O) groups excluding carboxylic acids is 1. The molecule has 2 aromatic rings. The van der Waals surface area contributed by atoms with Gasteiger partial charge in [0.25, 0.3) is 11.5 Å². The highest BCUT2D eigenvalue weighted by Gasteiger charge is 2.09. The number of nitrogens with two attached hydrogens (primary N) is 1. The third kappa shape index (κ3) is 1.95. The fourth-order valence-electron chi connectivity index (χ4n) is 1.53. The quantitative estimate of drug-likeness (QED) is 0.340. The van der Waals surface area contributed by atoms with Gasteiger partial charge in [0.1, 0.15) is 6.54 Å². The Morgan fingerprint density at radius 2 is 2.06 bits per heavy atom. The number of benzene rings is 1. The van der Waals surface area contributed by atoms with Crippen LogP contribution < -0.4 is 22.5 Å². The summed E-state index contributed by atoms with van der Waals surface area (Å²) < 4.78 is 0.796. The van der Waals surface area contributed by atoms with Crippen molar-refractivity contribution in [1.82, 2.24) is 15.0 Å². The van der Waals surface area contributed by atoms with Gasteiger partial charge < -0.3 is 4.98 Å². The van der Waals surface area contributed by atoms with Crippen molar-refractivity contribution in [2.45, 2.75) is 6.54 Å². The van der Waals surface area contributed by atoms with Crippen molar-refractivity contribution in [3.63, 3.8) is 0 Å². The molecule has 17 heavy (non-hydrogen) atoms. The van der Waals surface area contributed by atoms with Gasteiger partial charge in [0.15, 0.2) is 0 Å². The first-order valence-electron chi connectivity index (χ1n) is 4.85. The largest absolute Gasteiger partial charge is 0.329 e. The molecule has 0 spiro atoms. The predicted octanol–water partition coefficient (Wildman–Crippen LogP) is -1.32. The van der Waals surface area contributed by atoms with Crippen LogP contribution in [0.25, 0.3) is 10.9 Å². The minimum Gasteiger partial charge on any atom is -0.307 e. The first kappa shape index (κ1) is 11.1. The van der Waals surface area contributed by atoms with Gasteiger partial charge in [-0.3, -0.25) is 19.6 Å². The number of hydrogen-bond acceptors (Lipinski definition) is 4. The molecule has 0 aliphatic heterocycles. The summed E-state index contributed by atoms with van der Waals surface area (Å²) in [5, 5.41) is 0.344. The van der Waals surface area contributed by atoms with E-state index in [1.54, 1.807) is 24.3 Å². The van der Waals surface area contributed by atoms with Crippen LogP contribution in [-0.2, 0) is 11.3 Å². The van der Waals surface area contributed by atoms with Crippen molar-refractivity contribution < 1.29 is 4.79 Å². The second-order valence-electron chi connectivity index (χ2n) is 3.43. The lowest BCUT2D eigenvalue weighted by atomic mass is 10.2. The Bertz CT molecular complexity index is 686. The minimum absolute atomic E-state index is 0.344. The topological polar surface area (TPSA) is 110 Å². The number of amides is 1. The average molecular weight is 234 g/mol. The number of para-hydroxylation sites is 1. The molecular weight excluding hydrogens is 224 g/mol. The van der Waals surface area contributed by atoms with E-state index in [4.69, 9.17) is 5.84 Å². The summed E-state index contributed by atoms with van der Waals surface area (Å²) in [5.74, 6) is 4.29. The van der Waals surface area contributed by atoms with Crippen LogP contribution in [0.1, 0.15) is 0 Å². The Morgan fingerprint density at radius 1 is 1.35 bits per heavy atom. The highest BCUT2D eigenvalue weighted by Crippen LogP contribution is 2.02. The van der Waals surface area contributed by atoms with Crippen molar-refractivity contribution in [2.24, 2.45) is 5.84 Å². The van der Waals surface area contributed by atoms with E-state index in [9.17, 15) is 14.4 Å². The van der Waals surface area contributed by atoms with Crippen LogP contribution >= 0.6 is 0 Å². The van der Waals surface area contributed by atoms with Crippen molar-refractivity contribution in [1.29, 1.82) is 0 Å². The Labute approximate surface area is 94.8 Å². The van der Waals surface area contributed by atoms with Crippen molar-refractivity contribution in [2.75, 3.05) is 0 Å². The summed E-state index contributed by atoms with van der Waals surface area (Å²) in [7, 11) is 0. The van der Waals surface area contributed by atoms with Gasteiger partial charge in [-0.05, 0) is 12.1 Å². The van der Waals surface area contributed by atoms with Gasteiger partial charge in [-0.2, -0.15) is 0 Å². The van der Waals surface area contributed by atoms with E-state index >= 15 is 0 Å². The third-order valence-electron chi connectivity index (χ3n) is 2.35. The van der Waals surface area contributed by atoms with Crippen LogP contribution in [0.4, 0.5) is 0 Å². The Morgan fingerprint density at radius 3 is 2.76 bits per heavy atom. The molecule has 1 amide bonds. The number of rotatable bonds is 2. The first-order valence-corrected chi connectivity index (χ1v) is 4.85. The molecule has 0 unspecified atom stereocenters. The number of H-pyrrole nitrogens is 1. The molecule has 1 aromatic heterocycles. The number of aromatic amines is 1. The molecule has 1 heterocycles. The molecule has 0 aliphatic carbocycles. The van der Waals surface area contributed by atoms with Crippen LogP contribution in [0.2, 0.25) is 0 Å². The van der Waals surface area contributed by atoms with Gasteiger partial charge >= 0.3 is 5.69 Å². The Hall–Kier alpha value is -2.41. The number of fused-ring (bicyclic) bond motifs is 1. The van der Waals surface area contributed by atoms with Gasteiger partial charge in [-0.1, -0.05) is 12.1 Å². The zero-order valence-electron chi connectivity index (χ0n) is 8.77. The zero-order chi connectivity index (χ0) is 12.4. The van der Waals surface area contributed by atoms with E-state index in [2.05, 4.69) is 4.98 Å². The summed E-state index contributed by atoms with van der Waals surface area (Å²) in [6.45, 7) is -0.407. The fraction of sp³-hybridized carbons (Fsp3) is 0.100. The number of aromatic nitrogens is 2.